The molecule has 5 heteroatoms. The summed E-state index contributed by atoms with van der Waals surface area (Å²) in [5.41, 5.74) is 0.425. The second-order valence-corrected chi connectivity index (χ2v) is 2.07. The van der Waals surface area contributed by atoms with E-state index in [0.717, 1.165) is 5.01 Å². The molecule has 5 nitrogen and oxygen atoms in total. The summed E-state index contributed by atoms with van der Waals surface area (Å²) in [7, 11) is 1.41. The Hall–Kier alpha value is -0.940. The van der Waals surface area contributed by atoms with Crippen LogP contribution in [0.25, 0.3) is 0 Å². The van der Waals surface area contributed by atoms with Gasteiger partial charge in [-0.25, -0.2) is 5.01 Å². The zero-order valence-electron chi connectivity index (χ0n) is 6.61. The molecule has 0 aromatic carbocycles. The lowest BCUT2D eigenvalue weighted by molar-refractivity contribution is -0.132. The highest BCUT2D eigenvalue weighted by Gasteiger charge is 2.04. The Kier molecular flexibility index (Phi) is 4.40. The average molecular weight is 160 g/mol. The minimum absolute atomic E-state index is 0.191. The number of aliphatic hydroxyl groups is 2. The molecular formula is C6H12N2O3. The van der Waals surface area contributed by atoms with Crippen LogP contribution in [0.1, 0.15) is 6.92 Å². The summed E-state index contributed by atoms with van der Waals surface area (Å²) in [5, 5.41) is 21.5. The molecule has 64 valence electrons. The van der Waals surface area contributed by atoms with E-state index in [1.54, 1.807) is 6.92 Å². The first-order valence-electron chi connectivity index (χ1n) is 3.14. The third-order valence-corrected chi connectivity index (χ3v) is 1.05. The van der Waals surface area contributed by atoms with E-state index in [0.29, 0.717) is 5.71 Å². The standard InChI is InChI=1S/C6H12N2O3/c1-5(3-9)7-8(2)6(11)4-10/h9-10H,3-4H2,1-2H3/b7-5-. The fourth-order valence-corrected chi connectivity index (χ4v) is 0.446. The molecule has 0 spiro atoms. The highest BCUT2D eigenvalue weighted by molar-refractivity contribution is 5.85. The minimum Gasteiger partial charge on any atom is -0.390 e. The van der Waals surface area contributed by atoms with Gasteiger partial charge in [-0.05, 0) is 6.92 Å². The number of aliphatic hydroxyl groups excluding tert-OH is 2. The fourth-order valence-electron chi connectivity index (χ4n) is 0.446. The molecule has 1 amide bonds. The largest absolute Gasteiger partial charge is 0.390 e. The Morgan fingerprint density at radius 1 is 1.45 bits per heavy atom. The first-order chi connectivity index (χ1) is 5.11. The average Bonchev–Trinajstić information content (AvgIpc) is 2.02. The number of hydrazone groups is 1. The Labute approximate surface area is 64.9 Å². The van der Waals surface area contributed by atoms with E-state index < -0.39 is 12.5 Å². The molecule has 0 unspecified atom stereocenters. The van der Waals surface area contributed by atoms with Gasteiger partial charge in [0.15, 0.2) is 0 Å². The van der Waals surface area contributed by atoms with Crippen LogP contribution in [0, 0.1) is 0 Å². The second kappa shape index (κ2) is 4.81. The first kappa shape index (κ1) is 10.1. The van der Waals surface area contributed by atoms with Crippen LogP contribution in [0.2, 0.25) is 0 Å². The lowest BCUT2D eigenvalue weighted by Crippen LogP contribution is -2.25. The molecule has 0 aliphatic rings. The number of nitrogens with zero attached hydrogens (tertiary/aromatic N) is 2. The molecule has 2 N–H and O–H groups in total. The van der Waals surface area contributed by atoms with Crippen molar-refractivity contribution in [2.45, 2.75) is 6.92 Å². The molecule has 0 bridgehead atoms. The van der Waals surface area contributed by atoms with E-state index >= 15 is 0 Å². The van der Waals surface area contributed by atoms with E-state index in [4.69, 9.17) is 10.2 Å². The van der Waals surface area contributed by atoms with Crippen molar-refractivity contribution in [2.24, 2.45) is 5.10 Å². The predicted octanol–water partition coefficient (Wildman–Crippen LogP) is -1.19. The van der Waals surface area contributed by atoms with Crippen molar-refractivity contribution in [3.05, 3.63) is 0 Å². The maximum Gasteiger partial charge on any atom is 0.268 e. The maximum atomic E-state index is 10.7. The van der Waals surface area contributed by atoms with Crippen molar-refractivity contribution < 1.29 is 15.0 Å². The van der Waals surface area contributed by atoms with E-state index in [-0.39, 0.29) is 6.61 Å². The lowest BCUT2D eigenvalue weighted by Gasteiger charge is -2.09. The van der Waals surface area contributed by atoms with Gasteiger partial charge in [-0.2, -0.15) is 5.10 Å². The van der Waals surface area contributed by atoms with Crippen molar-refractivity contribution in [1.82, 2.24) is 5.01 Å². The monoisotopic (exact) mass is 160 g/mol. The van der Waals surface area contributed by atoms with Crippen LogP contribution in [0.15, 0.2) is 5.10 Å². The summed E-state index contributed by atoms with van der Waals surface area (Å²) in [6.45, 7) is 0.822. The van der Waals surface area contributed by atoms with E-state index in [1.807, 2.05) is 0 Å². The van der Waals surface area contributed by atoms with Gasteiger partial charge in [0.05, 0.1) is 12.3 Å². The summed E-state index contributed by atoms with van der Waals surface area (Å²) in [4.78, 5) is 10.7. The van der Waals surface area contributed by atoms with Gasteiger partial charge in [-0.3, -0.25) is 4.79 Å². The lowest BCUT2D eigenvalue weighted by atomic mass is 10.5. The van der Waals surface area contributed by atoms with Gasteiger partial charge in [0.1, 0.15) is 6.61 Å². The Morgan fingerprint density at radius 3 is 2.36 bits per heavy atom. The highest BCUT2D eigenvalue weighted by atomic mass is 16.3. The molecular weight excluding hydrogens is 148 g/mol. The molecule has 0 saturated carbocycles. The molecule has 0 aromatic heterocycles. The maximum absolute atomic E-state index is 10.7. The molecule has 0 heterocycles. The number of amides is 1. The first-order valence-corrected chi connectivity index (χ1v) is 3.14. The summed E-state index contributed by atoms with van der Waals surface area (Å²) in [6.07, 6.45) is 0. The van der Waals surface area contributed by atoms with Crippen LogP contribution >= 0.6 is 0 Å². The normalized spacial score (nSPS) is 11.5. The third-order valence-electron chi connectivity index (χ3n) is 1.05. The molecule has 0 radical (unpaired) electrons. The van der Waals surface area contributed by atoms with Crippen LogP contribution in [0.3, 0.4) is 0 Å². The van der Waals surface area contributed by atoms with Crippen molar-refractivity contribution >= 4 is 11.6 Å². The molecule has 0 aliphatic heterocycles. The fraction of sp³-hybridized carbons (Fsp3) is 0.667. The van der Waals surface area contributed by atoms with Gasteiger partial charge in [0, 0.05) is 7.05 Å². The van der Waals surface area contributed by atoms with Gasteiger partial charge in [-0.15, -0.1) is 0 Å². The number of carbonyl (C=O) groups is 1. The summed E-state index contributed by atoms with van der Waals surface area (Å²) in [5.74, 6) is -0.502. The Morgan fingerprint density at radius 2 is 2.00 bits per heavy atom. The van der Waals surface area contributed by atoms with Crippen LogP contribution in [0.4, 0.5) is 0 Å². The molecule has 0 aliphatic carbocycles. The van der Waals surface area contributed by atoms with Crippen LogP contribution in [-0.4, -0.2) is 47.1 Å². The number of hydrogen-bond acceptors (Lipinski definition) is 4. The molecule has 0 saturated heterocycles. The number of carbonyl (C=O) groups excluding carboxylic acids is 1. The van der Waals surface area contributed by atoms with Crippen LogP contribution in [0.5, 0.6) is 0 Å². The van der Waals surface area contributed by atoms with Gasteiger partial charge >= 0.3 is 0 Å². The molecule has 0 rings (SSSR count). The van der Waals surface area contributed by atoms with E-state index in [1.165, 1.54) is 7.05 Å². The molecule has 0 fully saturated rings. The molecule has 11 heavy (non-hydrogen) atoms. The molecule has 0 aromatic rings. The van der Waals surface area contributed by atoms with E-state index in [2.05, 4.69) is 5.10 Å². The summed E-state index contributed by atoms with van der Waals surface area (Å²) >= 11 is 0. The minimum atomic E-state index is -0.571. The SMILES string of the molecule is C/C(CO)=N/N(C)C(=O)CO. The van der Waals surface area contributed by atoms with Crippen molar-refractivity contribution in [1.29, 1.82) is 0 Å². The van der Waals surface area contributed by atoms with Gasteiger partial charge < -0.3 is 10.2 Å². The second-order valence-electron chi connectivity index (χ2n) is 2.07. The van der Waals surface area contributed by atoms with Gasteiger partial charge in [-0.1, -0.05) is 0 Å². The number of likely N-dealkylation sites (N-methyl/N-ethyl adjacent to an activating group) is 1. The predicted molar refractivity (Wildman–Crippen MR) is 40.1 cm³/mol. The quantitative estimate of drug-likeness (QED) is 0.402. The van der Waals surface area contributed by atoms with Crippen molar-refractivity contribution in [2.75, 3.05) is 20.3 Å². The topological polar surface area (TPSA) is 73.1 Å². The van der Waals surface area contributed by atoms with Crippen LogP contribution in [-0.2, 0) is 4.79 Å². The zero-order valence-corrected chi connectivity index (χ0v) is 6.61. The Balaban J connectivity index is 4.04. The smallest absolute Gasteiger partial charge is 0.268 e. The van der Waals surface area contributed by atoms with Crippen molar-refractivity contribution in [3.63, 3.8) is 0 Å². The number of hydrogen-bond donors (Lipinski definition) is 2. The number of rotatable bonds is 3. The summed E-state index contributed by atoms with van der Waals surface area (Å²) < 4.78 is 0. The van der Waals surface area contributed by atoms with E-state index in [9.17, 15) is 4.79 Å². The van der Waals surface area contributed by atoms with Gasteiger partial charge in [0.2, 0.25) is 0 Å². The van der Waals surface area contributed by atoms with Gasteiger partial charge in [0.25, 0.3) is 5.91 Å². The highest BCUT2D eigenvalue weighted by Crippen LogP contribution is 1.86. The molecule has 0 atom stereocenters. The van der Waals surface area contributed by atoms with Crippen molar-refractivity contribution in [3.8, 4) is 0 Å². The Bertz CT molecular complexity index is 167. The zero-order chi connectivity index (χ0) is 8.85. The van der Waals surface area contributed by atoms with Crippen LogP contribution < -0.4 is 0 Å². The summed E-state index contributed by atoms with van der Waals surface area (Å²) in [6, 6.07) is 0. The third kappa shape index (κ3) is 3.69.